The third-order valence-corrected chi connectivity index (χ3v) is 4.14. The van der Waals surface area contributed by atoms with Crippen LogP contribution in [0, 0.1) is 0 Å². The SMILES string of the molecule is CCCCCCCCOc1ccc(-c2ccc(CN)cc2)cc1. The maximum absolute atomic E-state index is 5.82. The third kappa shape index (κ3) is 6.07. The Morgan fingerprint density at radius 2 is 1.30 bits per heavy atom. The van der Waals surface area contributed by atoms with Crippen molar-refractivity contribution < 1.29 is 4.74 Å². The van der Waals surface area contributed by atoms with Crippen LogP contribution in [0.4, 0.5) is 0 Å². The lowest BCUT2D eigenvalue weighted by Crippen LogP contribution is -1.97. The van der Waals surface area contributed by atoms with Crippen molar-refractivity contribution >= 4 is 0 Å². The molecule has 124 valence electrons. The van der Waals surface area contributed by atoms with Crippen molar-refractivity contribution in [1.82, 2.24) is 0 Å². The molecule has 2 aromatic rings. The second-order valence-corrected chi connectivity index (χ2v) is 6.04. The Morgan fingerprint density at radius 3 is 1.91 bits per heavy atom. The van der Waals surface area contributed by atoms with Crippen molar-refractivity contribution in [3.63, 3.8) is 0 Å². The number of nitrogens with two attached hydrogens (primary N) is 1. The minimum Gasteiger partial charge on any atom is -0.494 e. The van der Waals surface area contributed by atoms with E-state index in [9.17, 15) is 0 Å². The zero-order valence-corrected chi connectivity index (χ0v) is 14.3. The molecular weight excluding hydrogens is 282 g/mol. The maximum atomic E-state index is 5.82. The molecule has 0 aliphatic heterocycles. The molecule has 0 heterocycles. The van der Waals surface area contributed by atoms with Gasteiger partial charge >= 0.3 is 0 Å². The van der Waals surface area contributed by atoms with Crippen LogP contribution in [0.3, 0.4) is 0 Å². The fraction of sp³-hybridized carbons (Fsp3) is 0.429. The fourth-order valence-corrected chi connectivity index (χ4v) is 2.65. The second-order valence-electron chi connectivity index (χ2n) is 6.04. The molecule has 2 N–H and O–H groups in total. The van der Waals surface area contributed by atoms with Gasteiger partial charge in [0.15, 0.2) is 0 Å². The molecule has 0 aliphatic carbocycles. The van der Waals surface area contributed by atoms with Gasteiger partial charge in [-0.1, -0.05) is 75.4 Å². The van der Waals surface area contributed by atoms with Gasteiger partial charge in [-0.25, -0.2) is 0 Å². The van der Waals surface area contributed by atoms with Crippen LogP contribution >= 0.6 is 0 Å². The Bertz CT molecular complexity index is 545. The van der Waals surface area contributed by atoms with Gasteiger partial charge < -0.3 is 10.5 Å². The Balaban J connectivity index is 1.75. The molecule has 23 heavy (non-hydrogen) atoms. The van der Waals surface area contributed by atoms with E-state index in [4.69, 9.17) is 10.5 Å². The quantitative estimate of drug-likeness (QED) is 0.584. The molecule has 2 nitrogen and oxygen atoms in total. The number of rotatable bonds is 10. The van der Waals surface area contributed by atoms with Crippen LogP contribution in [0.1, 0.15) is 51.0 Å². The highest BCUT2D eigenvalue weighted by Crippen LogP contribution is 2.23. The smallest absolute Gasteiger partial charge is 0.119 e. The van der Waals surface area contributed by atoms with E-state index in [0.29, 0.717) is 6.54 Å². The van der Waals surface area contributed by atoms with Gasteiger partial charge in [0.05, 0.1) is 6.61 Å². The standard InChI is InChI=1S/C21H29NO/c1-2-3-4-5-6-7-16-23-21-14-12-20(13-15-21)19-10-8-18(17-22)9-11-19/h8-15H,2-7,16-17,22H2,1H3. The summed E-state index contributed by atoms with van der Waals surface area (Å²) in [6.45, 7) is 3.65. The first-order valence-electron chi connectivity index (χ1n) is 8.85. The van der Waals surface area contributed by atoms with Gasteiger partial charge in [-0.05, 0) is 35.2 Å². The zero-order chi connectivity index (χ0) is 16.3. The van der Waals surface area contributed by atoms with Crippen molar-refractivity contribution in [2.75, 3.05) is 6.61 Å². The van der Waals surface area contributed by atoms with E-state index < -0.39 is 0 Å². The molecule has 2 rings (SSSR count). The molecule has 0 atom stereocenters. The molecule has 0 aliphatic rings. The summed E-state index contributed by atoms with van der Waals surface area (Å²) < 4.78 is 5.82. The molecule has 2 heteroatoms. The third-order valence-electron chi connectivity index (χ3n) is 4.14. The average Bonchev–Trinajstić information content (AvgIpc) is 2.61. The first-order valence-corrected chi connectivity index (χ1v) is 8.85. The van der Waals surface area contributed by atoms with Crippen molar-refractivity contribution in [1.29, 1.82) is 0 Å². The van der Waals surface area contributed by atoms with Crippen molar-refractivity contribution in [2.24, 2.45) is 5.73 Å². The number of unbranched alkanes of at least 4 members (excludes halogenated alkanes) is 5. The van der Waals surface area contributed by atoms with Crippen LogP contribution in [0.25, 0.3) is 11.1 Å². The second kappa shape index (κ2) is 10.1. The van der Waals surface area contributed by atoms with E-state index in [1.807, 2.05) is 0 Å². The lowest BCUT2D eigenvalue weighted by Gasteiger charge is -2.08. The number of hydrogen-bond acceptors (Lipinski definition) is 2. The predicted molar refractivity (Wildman–Crippen MR) is 98.6 cm³/mol. The van der Waals surface area contributed by atoms with E-state index >= 15 is 0 Å². The number of hydrogen-bond donors (Lipinski definition) is 1. The summed E-state index contributed by atoms with van der Waals surface area (Å²) in [4.78, 5) is 0. The summed E-state index contributed by atoms with van der Waals surface area (Å²) in [5.41, 5.74) is 9.22. The summed E-state index contributed by atoms with van der Waals surface area (Å²) >= 11 is 0. The molecule has 0 unspecified atom stereocenters. The van der Waals surface area contributed by atoms with Crippen LogP contribution in [-0.4, -0.2) is 6.61 Å². The van der Waals surface area contributed by atoms with Gasteiger partial charge in [0.1, 0.15) is 5.75 Å². The molecule has 0 saturated carbocycles. The molecule has 0 fully saturated rings. The van der Waals surface area contributed by atoms with Crippen molar-refractivity contribution in [3.05, 3.63) is 54.1 Å². The first-order chi connectivity index (χ1) is 11.3. The van der Waals surface area contributed by atoms with Gasteiger partial charge in [0.25, 0.3) is 0 Å². The van der Waals surface area contributed by atoms with Gasteiger partial charge in [-0.15, -0.1) is 0 Å². The van der Waals surface area contributed by atoms with Gasteiger partial charge in [0.2, 0.25) is 0 Å². The zero-order valence-electron chi connectivity index (χ0n) is 14.3. The summed E-state index contributed by atoms with van der Waals surface area (Å²) in [6, 6.07) is 16.8. The molecule has 0 bridgehead atoms. The van der Waals surface area contributed by atoms with Crippen molar-refractivity contribution in [2.45, 2.75) is 52.0 Å². The lowest BCUT2D eigenvalue weighted by molar-refractivity contribution is 0.304. The van der Waals surface area contributed by atoms with E-state index in [0.717, 1.165) is 24.3 Å². The average molecular weight is 311 g/mol. The number of ether oxygens (including phenoxy) is 1. The van der Waals surface area contributed by atoms with Crippen LogP contribution < -0.4 is 10.5 Å². The van der Waals surface area contributed by atoms with Gasteiger partial charge in [-0.3, -0.25) is 0 Å². The van der Waals surface area contributed by atoms with Gasteiger partial charge in [-0.2, -0.15) is 0 Å². The van der Waals surface area contributed by atoms with E-state index in [-0.39, 0.29) is 0 Å². The first kappa shape index (κ1) is 17.6. The Kier molecular flexibility index (Phi) is 7.68. The number of benzene rings is 2. The monoisotopic (exact) mass is 311 g/mol. The van der Waals surface area contributed by atoms with E-state index in [1.54, 1.807) is 0 Å². The summed E-state index contributed by atoms with van der Waals surface area (Å²) in [7, 11) is 0. The molecule has 0 amide bonds. The molecule has 0 aromatic heterocycles. The van der Waals surface area contributed by atoms with Crippen LogP contribution in [0.15, 0.2) is 48.5 Å². The van der Waals surface area contributed by atoms with E-state index in [2.05, 4.69) is 55.5 Å². The largest absolute Gasteiger partial charge is 0.494 e. The molecule has 2 aromatic carbocycles. The molecular formula is C21H29NO. The van der Waals surface area contributed by atoms with Crippen LogP contribution in [0.2, 0.25) is 0 Å². The highest BCUT2D eigenvalue weighted by Gasteiger charge is 1.99. The maximum Gasteiger partial charge on any atom is 0.119 e. The van der Waals surface area contributed by atoms with Crippen LogP contribution in [-0.2, 0) is 6.54 Å². The van der Waals surface area contributed by atoms with Crippen LogP contribution in [0.5, 0.6) is 5.75 Å². The van der Waals surface area contributed by atoms with E-state index in [1.165, 1.54) is 43.2 Å². The highest BCUT2D eigenvalue weighted by atomic mass is 16.5. The molecule has 0 saturated heterocycles. The summed E-state index contributed by atoms with van der Waals surface area (Å²) in [5.74, 6) is 0.959. The Labute approximate surface area is 140 Å². The molecule has 0 radical (unpaired) electrons. The lowest BCUT2D eigenvalue weighted by atomic mass is 10.0. The summed E-state index contributed by atoms with van der Waals surface area (Å²) in [5, 5.41) is 0. The Morgan fingerprint density at radius 1 is 0.739 bits per heavy atom. The molecule has 0 spiro atoms. The van der Waals surface area contributed by atoms with Gasteiger partial charge in [0, 0.05) is 6.54 Å². The highest BCUT2D eigenvalue weighted by molar-refractivity contribution is 5.64. The minimum atomic E-state index is 0.589. The fourth-order valence-electron chi connectivity index (χ4n) is 2.65. The summed E-state index contributed by atoms with van der Waals surface area (Å²) in [6.07, 6.45) is 7.76. The van der Waals surface area contributed by atoms with Crippen molar-refractivity contribution in [3.8, 4) is 16.9 Å². The Hall–Kier alpha value is -1.80. The predicted octanol–water partition coefficient (Wildman–Crippen LogP) is 5.55. The minimum absolute atomic E-state index is 0.589. The normalized spacial score (nSPS) is 10.7. The topological polar surface area (TPSA) is 35.2 Å².